The van der Waals surface area contributed by atoms with Crippen LogP contribution in [-0.2, 0) is 4.74 Å². The van der Waals surface area contributed by atoms with Crippen LogP contribution in [-0.4, -0.2) is 42.3 Å². The number of rotatable bonds is 3. The van der Waals surface area contributed by atoms with Crippen LogP contribution >= 0.6 is 22.6 Å². The molecule has 2 N–H and O–H groups in total. The Hall–Kier alpha value is -0.470. The fourth-order valence-electron chi connectivity index (χ4n) is 1.37. The zero-order valence-electron chi connectivity index (χ0n) is 8.24. The Morgan fingerprint density at radius 3 is 3.00 bits per heavy atom. The average Bonchev–Trinajstić information content (AvgIpc) is 2.30. The number of aromatic nitrogens is 2. The van der Waals surface area contributed by atoms with E-state index in [0.717, 1.165) is 29.9 Å². The quantitative estimate of drug-likeness (QED) is 0.794. The second-order valence-corrected chi connectivity index (χ2v) is 4.58. The molecular weight excluding hydrogens is 307 g/mol. The van der Waals surface area contributed by atoms with Crippen LogP contribution in [0.3, 0.4) is 0 Å². The Morgan fingerprint density at radius 1 is 1.53 bits per heavy atom. The van der Waals surface area contributed by atoms with E-state index >= 15 is 0 Å². The van der Waals surface area contributed by atoms with Gasteiger partial charge in [0.25, 0.3) is 0 Å². The van der Waals surface area contributed by atoms with Crippen molar-refractivity contribution in [3.05, 3.63) is 16.0 Å². The standard InChI is InChI=1S/C9H13IN4O/c10-7-3-12-9(13-4-7)14-5-8-6-15-2-1-11-8/h3-4,8,11H,1-2,5-6H2,(H,12,13,14). The monoisotopic (exact) mass is 320 g/mol. The maximum absolute atomic E-state index is 5.35. The van der Waals surface area contributed by atoms with Crippen LogP contribution in [0.4, 0.5) is 5.95 Å². The minimum atomic E-state index is 0.349. The van der Waals surface area contributed by atoms with Crippen LogP contribution in [0.15, 0.2) is 12.4 Å². The summed E-state index contributed by atoms with van der Waals surface area (Å²) in [4.78, 5) is 8.33. The minimum absolute atomic E-state index is 0.349. The summed E-state index contributed by atoms with van der Waals surface area (Å²) in [5, 5.41) is 6.53. The summed E-state index contributed by atoms with van der Waals surface area (Å²) in [7, 11) is 0. The fraction of sp³-hybridized carbons (Fsp3) is 0.556. The summed E-state index contributed by atoms with van der Waals surface area (Å²) >= 11 is 2.18. The molecule has 1 saturated heterocycles. The lowest BCUT2D eigenvalue weighted by atomic mass is 10.3. The smallest absolute Gasteiger partial charge is 0.222 e. The molecule has 0 bridgehead atoms. The molecule has 0 aliphatic carbocycles. The second kappa shape index (κ2) is 5.57. The first-order valence-electron chi connectivity index (χ1n) is 4.87. The first-order valence-corrected chi connectivity index (χ1v) is 5.95. The van der Waals surface area contributed by atoms with E-state index in [1.807, 2.05) is 0 Å². The van der Waals surface area contributed by atoms with Gasteiger partial charge in [0.1, 0.15) is 0 Å². The Balaban J connectivity index is 1.79. The van der Waals surface area contributed by atoms with Crippen molar-refractivity contribution in [3.8, 4) is 0 Å². The predicted molar refractivity (Wildman–Crippen MR) is 65.8 cm³/mol. The van der Waals surface area contributed by atoms with Crippen molar-refractivity contribution in [1.82, 2.24) is 15.3 Å². The van der Waals surface area contributed by atoms with Crippen molar-refractivity contribution in [2.75, 3.05) is 31.6 Å². The molecule has 1 aliphatic rings. The van der Waals surface area contributed by atoms with E-state index in [1.165, 1.54) is 0 Å². The van der Waals surface area contributed by atoms with E-state index in [4.69, 9.17) is 4.74 Å². The molecule has 0 aromatic carbocycles. The largest absolute Gasteiger partial charge is 0.378 e. The highest BCUT2D eigenvalue weighted by atomic mass is 127. The predicted octanol–water partition coefficient (Wildman–Crippen LogP) is 0.481. The molecule has 0 spiro atoms. The molecular formula is C9H13IN4O. The van der Waals surface area contributed by atoms with Gasteiger partial charge in [0, 0.05) is 35.1 Å². The number of nitrogens with zero attached hydrogens (tertiary/aromatic N) is 2. The molecule has 1 aromatic heterocycles. The normalized spacial score (nSPS) is 21.3. The number of halogens is 1. The molecule has 6 heteroatoms. The average molecular weight is 320 g/mol. The molecule has 2 rings (SSSR count). The van der Waals surface area contributed by atoms with Crippen molar-refractivity contribution in [2.45, 2.75) is 6.04 Å². The topological polar surface area (TPSA) is 59.1 Å². The van der Waals surface area contributed by atoms with Gasteiger partial charge in [0.15, 0.2) is 0 Å². The van der Waals surface area contributed by atoms with Gasteiger partial charge in [-0.15, -0.1) is 0 Å². The zero-order chi connectivity index (χ0) is 10.5. The van der Waals surface area contributed by atoms with E-state index in [2.05, 4.69) is 43.2 Å². The molecule has 1 aromatic rings. The van der Waals surface area contributed by atoms with Crippen molar-refractivity contribution in [3.63, 3.8) is 0 Å². The maximum atomic E-state index is 5.35. The number of ether oxygens (including phenoxy) is 1. The molecule has 0 saturated carbocycles. The van der Waals surface area contributed by atoms with Gasteiger partial charge in [-0.1, -0.05) is 0 Å². The van der Waals surface area contributed by atoms with E-state index in [-0.39, 0.29) is 0 Å². The minimum Gasteiger partial charge on any atom is -0.378 e. The number of hydrogen-bond acceptors (Lipinski definition) is 5. The molecule has 1 atom stereocenters. The van der Waals surface area contributed by atoms with Gasteiger partial charge in [-0.05, 0) is 22.6 Å². The number of nitrogens with one attached hydrogen (secondary N) is 2. The Morgan fingerprint density at radius 2 is 2.33 bits per heavy atom. The first kappa shape index (κ1) is 11.0. The molecule has 2 heterocycles. The Labute approximate surface area is 102 Å². The zero-order valence-corrected chi connectivity index (χ0v) is 10.4. The van der Waals surface area contributed by atoms with Gasteiger partial charge in [0.2, 0.25) is 5.95 Å². The summed E-state index contributed by atoms with van der Waals surface area (Å²) in [5.74, 6) is 0.669. The van der Waals surface area contributed by atoms with Crippen LogP contribution in [0.2, 0.25) is 0 Å². The molecule has 0 amide bonds. The molecule has 1 fully saturated rings. The third-order valence-electron chi connectivity index (χ3n) is 2.13. The lowest BCUT2D eigenvalue weighted by Gasteiger charge is -2.23. The van der Waals surface area contributed by atoms with E-state index in [0.29, 0.717) is 12.0 Å². The highest BCUT2D eigenvalue weighted by Crippen LogP contribution is 2.03. The second-order valence-electron chi connectivity index (χ2n) is 3.33. The van der Waals surface area contributed by atoms with Crippen LogP contribution < -0.4 is 10.6 Å². The highest BCUT2D eigenvalue weighted by molar-refractivity contribution is 14.1. The first-order chi connectivity index (χ1) is 7.34. The lowest BCUT2D eigenvalue weighted by Crippen LogP contribution is -2.45. The molecule has 1 unspecified atom stereocenters. The fourth-order valence-corrected chi connectivity index (χ4v) is 1.65. The van der Waals surface area contributed by atoms with E-state index in [9.17, 15) is 0 Å². The van der Waals surface area contributed by atoms with Crippen LogP contribution in [0.1, 0.15) is 0 Å². The number of morpholine rings is 1. The van der Waals surface area contributed by atoms with Crippen LogP contribution in [0, 0.1) is 3.57 Å². The third kappa shape index (κ3) is 3.54. The highest BCUT2D eigenvalue weighted by Gasteiger charge is 2.12. The summed E-state index contributed by atoms with van der Waals surface area (Å²) in [5.41, 5.74) is 0. The van der Waals surface area contributed by atoms with Gasteiger partial charge in [-0.25, -0.2) is 9.97 Å². The summed E-state index contributed by atoms with van der Waals surface area (Å²) in [6.45, 7) is 3.26. The van der Waals surface area contributed by atoms with E-state index in [1.54, 1.807) is 12.4 Å². The summed E-state index contributed by atoms with van der Waals surface area (Å²) in [6.07, 6.45) is 3.58. The maximum Gasteiger partial charge on any atom is 0.222 e. The molecule has 1 aliphatic heterocycles. The van der Waals surface area contributed by atoms with Crippen molar-refractivity contribution >= 4 is 28.5 Å². The number of anilines is 1. The molecule has 0 radical (unpaired) electrons. The SMILES string of the molecule is Ic1cnc(NCC2COCCN2)nc1. The Bertz CT molecular complexity index is 299. The van der Waals surface area contributed by atoms with Crippen LogP contribution in [0.5, 0.6) is 0 Å². The van der Waals surface area contributed by atoms with Gasteiger partial charge < -0.3 is 15.4 Å². The molecule has 15 heavy (non-hydrogen) atoms. The third-order valence-corrected chi connectivity index (χ3v) is 2.68. The Kier molecular flexibility index (Phi) is 4.09. The summed E-state index contributed by atoms with van der Waals surface area (Å²) < 4.78 is 6.38. The van der Waals surface area contributed by atoms with E-state index < -0.39 is 0 Å². The van der Waals surface area contributed by atoms with Gasteiger partial charge in [-0.3, -0.25) is 0 Å². The van der Waals surface area contributed by atoms with Crippen molar-refractivity contribution in [2.24, 2.45) is 0 Å². The van der Waals surface area contributed by atoms with Crippen molar-refractivity contribution < 1.29 is 4.74 Å². The molecule has 82 valence electrons. The van der Waals surface area contributed by atoms with Gasteiger partial charge >= 0.3 is 0 Å². The van der Waals surface area contributed by atoms with Gasteiger partial charge in [0.05, 0.1) is 13.2 Å². The van der Waals surface area contributed by atoms with Crippen LogP contribution in [0.25, 0.3) is 0 Å². The molecule has 5 nitrogen and oxygen atoms in total. The van der Waals surface area contributed by atoms with Crippen molar-refractivity contribution in [1.29, 1.82) is 0 Å². The van der Waals surface area contributed by atoms with Gasteiger partial charge in [-0.2, -0.15) is 0 Å². The lowest BCUT2D eigenvalue weighted by molar-refractivity contribution is 0.0806. The summed E-state index contributed by atoms with van der Waals surface area (Å²) in [6, 6.07) is 0.349. The number of hydrogen-bond donors (Lipinski definition) is 2.